The van der Waals surface area contributed by atoms with Crippen molar-refractivity contribution in [3.05, 3.63) is 29.8 Å². The maximum Gasteiger partial charge on any atom is 0.186 e. The first kappa shape index (κ1) is 10.7. The first-order chi connectivity index (χ1) is 6.24. The Labute approximate surface area is 85.2 Å². The van der Waals surface area contributed by atoms with Gasteiger partial charge < -0.3 is 4.55 Å². The molecule has 0 saturated carbocycles. The molecule has 0 aromatic heterocycles. The summed E-state index contributed by atoms with van der Waals surface area (Å²) in [6, 6.07) is 7.05. The molecule has 2 nitrogen and oxygen atoms in total. The Kier molecular flexibility index (Phi) is 4.42. The van der Waals surface area contributed by atoms with E-state index >= 15 is 0 Å². The molecule has 1 aromatic carbocycles. The molecule has 0 bridgehead atoms. The Balaban J connectivity index is 2.64. The number of hydrogen-bond donors (Lipinski definition) is 1. The van der Waals surface area contributed by atoms with Gasteiger partial charge in [0.15, 0.2) is 11.1 Å². The summed E-state index contributed by atoms with van der Waals surface area (Å²) in [5, 5.41) is 0. The highest BCUT2D eigenvalue weighted by Gasteiger charge is 1.98. The Morgan fingerprint density at radius 2 is 1.92 bits per heavy atom. The molecule has 4 heteroatoms. The highest BCUT2D eigenvalue weighted by Crippen LogP contribution is 2.09. The van der Waals surface area contributed by atoms with Crippen molar-refractivity contribution in [3.8, 4) is 0 Å². The Morgan fingerprint density at radius 1 is 1.31 bits per heavy atom. The van der Waals surface area contributed by atoms with Crippen LogP contribution in [0.2, 0.25) is 0 Å². The SMILES string of the molecule is O=S(O)c1ccc(CCCCl)cc1. The van der Waals surface area contributed by atoms with Crippen molar-refractivity contribution in [2.75, 3.05) is 5.88 Å². The van der Waals surface area contributed by atoms with Crippen molar-refractivity contribution in [1.82, 2.24) is 0 Å². The Hall–Kier alpha value is -0.380. The summed E-state index contributed by atoms with van der Waals surface area (Å²) in [4.78, 5) is 0.439. The van der Waals surface area contributed by atoms with E-state index in [0.717, 1.165) is 18.4 Å². The Bertz CT molecular complexity index is 284. The van der Waals surface area contributed by atoms with Gasteiger partial charge in [-0.25, -0.2) is 4.21 Å². The molecule has 0 heterocycles. The second-order valence-corrected chi connectivity index (χ2v) is 4.03. The van der Waals surface area contributed by atoms with Gasteiger partial charge in [0.1, 0.15) is 0 Å². The minimum absolute atomic E-state index is 0.439. The molecule has 72 valence electrons. The molecule has 1 unspecified atom stereocenters. The van der Waals surface area contributed by atoms with E-state index in [0.29, 0.717) is 10.8 Å². The Morgan fingerprint density at radius 3 is 2.38 bits per heavy atom. The maximum absolute atomic E-state index is 10.6. The van der Waals surface area contributed by atoms with E-state index in [4.69, 9.17) is 16.2 Å². The lowest BCUT2D eigenvalue weighted by Gasteiger charge is -1.99. The van der Waals surface area contributed by atoms with E-state index in [1.807, 2.05) is 12.1 Å². The molecule has 0 amide bonds. The zero-order valence-electron chi connectivity index (χ0n) is 7.07. The molecule has 1 aromatic rings. The molecule has 0 aliphatic carbocycles. The summed E-state index contributed by atoms with van der Waals surface area (Å²) >= 11 is 3.68. The van der Waals surface area contributed by atoms with Crippen molar-refractivity contribution < 1.29 is 8.76 Å². The van der Waals surface area contributed by atoms with Crippen LogP contribution in [0.25, 0.3) is 0 Å². The molecule has 1 N–H and O–H groups in total. The summed E-state index contributed by atoms with van der Waals surface area (Å²) in [6.45, 7) is 0. The van der Waals surface area contributed by atoms with Gasteiger partial charge in [-0.15, -0.1) is 11.6 Å². The zero-order valence-corrected chi connectivity index (χ0v) is 8.64. The average Bonchev–Trinajstić information content (AvgIpc) is 2.15. The first-order valence-electron chi connectivity index (χ1n) is 4.00. The van der Waals surface area contributed by atoms with E-state index < -0.39 is 11.1 Å². The van der Waals surface area contributed by atoms with Crippen molar-refractivity contribution in [3.63, 3.8) is 0 Å². The minimum atomic E-state index is -1.87. The number of aryl methyl sites for hydroxylation is 1. The predicted molar refractivity (Wildman–Crippen MR) is 54.5 cm³/mol. The molecule has 1 atom stereocenters. The second-order valence-electron chi connectivity index (χ2n) is 2.69. The van der Waals surface area contributed by atoms with Crippen LogP contribution in [0.3, 0.4) is 0 Å². The fourth-order valence-electron chi connectivity index (χ4n) is 1.04. The lowest BCUT2D eigenvalue weighted by Crippen LogP contribution is -1.90. The third kappa shape index (κ3) is 3.46. The van der Waals surface area contributed by atoms with E-state index in [1.54, 1.807) is 12.1 Å². The van der Waals surface area contributed by atoms with Crippen LogP contribution in [-0.4, -0.2) is 14.6 Å². The van der Waals surface area contributed by atoms with Crippen LogP contribution in [0.15, 0.2) is 29.2 Å². The molecule has 0 aliphatic rings. The quantitative estimate of drug-likeness (QED) is 0.623. The lowest BCUT2D eigenvalue weighted by atomic mass is 10.1. The van der Waals surface area contributed by atoms with Gasteiger partial charge in [0.05, 0.1) is 4.90 Å². The smallest absolute Gasteiger partial charge is 0.186 e. The van der Waals surface area contributed by atoms with E-state index in [9.17, 15) is 4.21 Å². The molecule has 0 saturated heterocycles. The number of hydrogen-bond acceptors (Lipinski definition) is 1. The van der Waals surface area contributed by atoms with Crippen molar-refractivity contribution in [1.29, 1.82) is 0 Å². The van der Waals surface area contributed by atoms with Crippen LogP contribution in [-0.2, 0) is 17.5 Å². The third-order valence-corrected chi connectivity index (χ3v) is 2.67. The highest BCUT2D eigenvalue weighted by molar-refractivity contribution is 7.79. The zero-order chi connectivity index (χ0) is 9.68. The molecular weight excluding hydrogens is 208 g/mol. The van der Waals surface area contributed by atoms with Crippen LogP contribution >= 0.6 is 11.6 Å². The van der Waals surface area contributed by atoms with E-state index in [2.05, 4.69) is 0 Å². The molecule has 13 heavy (non-hydrogen) atoms. The van der Waals surface area contributed by atoms with Gasteiger partial charge in [0, 0.05) is 5.88 Å². The van der Waals surface area contributed by atoms with Crippen molar-refractivity contribution >= 4 is 22.7 Å². The predicted octanol–water partition coefficient (Wildman–Crippen LogP) is 2.44. The standard InChI is InChI=1S/C9H11ClO2S/c10-7-1-2-8-3-5-9(6-4-8)13(11)12/h3-6H,1-2,7H2,(H,11,12). The molecule has 0 radical (unpaired) electrons. The minimum Gasteiger partial charge on any atom is -0.302 e. The summed E-state index contributed by atoms with van der Waals surface area (Å²) < 4.78 is 19.4. The largest absolute Gasteiger partial charge is 0.302 e. The van der Waals surface area contributed by atoms with Crippen LogP contribution in [0, 0.1) is 0 Å². The van der Waals surface area contributed by atoms with Crippen molar-refractivity contribution in [2.24, 2.45) is 0 Å². The van der Waals surface area contributed by atoms with Crippen LogP contribution in [0.5, 0.6) is 0 Å². The van der Waals surface area contributed by atoms with Gasteiger partial charge in [0.2, 0.25) is 0 Å². The van der Waals surface area contributed by atoms with Gasteiger partial charge in [-0.3, -0.25) is 0 Å². The molecule has 0 spiro atoms. The highest BCUT2D eigenvalue weighted by atomic mass is 35.5. The van der Waals surface area contributed by atoms with Crippen molar-refractivity contribution in [2.45, 2.75) is 17.7 Å². The molecule has 1 rings (SSSR count). The summed E-state index contributed by atoms with van der Waals surface area (Å²) in [6.07, 6.45) is 1.85. The number of rotatable bonds is 4. The van der Waals surface area contributed by atoms with Gasteiger partial charge in [-0.2, -0.15) is 0 Å². The number of halogens is 1. The summed E-state index contributed by atoms with van der Waals surface area (Å²) in [5.74, 6) is 0.647. The van der Waals surface area contributed by atoms with Crippen LogP contribution < -0.4 is 0 Å². The van der Waals surface area contributed by atoms with Gasteiger partial charge >= 0.3 is 0 Å². The van der Waals surface area contributed by atoms with E-state index in [-0.39, 0.29) is 0 Å². The monoisotopic (exact) mass is 218 g/mol. The van der Waals surface area contributed by atoms with Gasteiger partial charge in [0.25, 0.3) is 0 Å². The topological polar surface area (TPSA) is 37.3 Å². The van der Waals surface area contributed by atoms with Gasteiger partial charge in [-0.05, 0) is 30.5 Å². The number of benzene rings is 1. The molecular formula is C9H11ClO2S. The molecule has 0 aliphatic heterocycles. The van der Waals surface area contributed by atoms with Gasteiger partial charge in [-0.1, -0.05) is 12.1 Å². The van der Waals surface area contributed by atoms with Crippen LogP contribution in [0.1, 0.15) is 12.0 Å². The fourth-order valence-corrected chi connectivity index (χ4v) is 1.55. The number of alkyl halides is 1. The second kappa shape index (κ2) is 5.37. The first-order valence-corrected chi connectivity index (χ1v) is 5.64. The normalized spacial score (nSPS) is 12.8. The summed E-state index contributed by atoms with van der Waals surface area (Å²) in [5.41, 5.74) is 1.15. The average molecular weight is 219 g/mol. The van der Waals surface area contributed by atoms with Crippen LogP contribution in [0.4, 0.5) is 0 Å². The maximum atomic E-state index is 10.6. The lowest BCUT2D eigenvalue weighted by molar-refractivity contribution is 0.564. The third-order valence-electron chi connectivity index (χ3n) is 1.72. The summed E-state index contributed by atoms with van der Waals surface area (Å²) in [7, 11) is 0. The fraction of sp³-hybridized carbons (Fsp3) is 0.333. The molecule has 0 fully saturated rings. The van der Waals surface area contributed by atoms with E-state index in [1.165, 1.54) is 0 Å².